The number of benzene rings is 1. The highest BCUT2D eigenvalue weighted by Gasteiger charge is 2.22. The third kappa shape index (κ3) is 3.77. The van der Waals surface area contributed by atoms with Crippen LogP contribution in [0.1, 0.15) is 37.8 Å². The number of rotatable bonds is 5. The summed E-state index contributed by atoms with van der Waals surface area (Å²) in [5.74, 6) is -0.564. The van der Waals surface area contributed by atoms with Gasteiger partial charge in [-0.05, 0) is 54.8 Å². The normalized spacial score (nSPS) is 10.7. The molecule has 0 unspecified atom stereocenters. The summed E-state index contributed by atoms with van der Waals surface area (Å²) in [6.07, 6.45) is 5.06. The van der Waals surface area contributed by atoms with Crippen molar-refractivity contribution in [3.05, 3.63) is 95.3 Å². The molecule has 3 aromatic heterocycles. The van der Waals surface area contributed by atoms with E-state index in [1.165, 1.54) is 0 Å². The number of anilines is 1. The first-order valence-corrected chi connectivity index (χ1v) is 9.56. The molecule has 0 atom stereocenters. The zero-order valence-electron chi connectivity index (χ0n) is 16.7. The molecule has 0 fully saturated rings. The molecule has 0 saturated carbocycles. The van der Waals surface area contributed by atoms with Crippen LogP contribution in [-0.4, -0.2) is 26.2 Å². The van der Waals surface area contributed by atoms with Crippen LogP contribution < -0.4 is 10.6 Å². The average Bonchev–Trinajstić information content (AvgIpc) is 3.15. The number of aromatic nitrogens is 3. The van der Waals surface area contributed by atoms with Crippen molar-refractivity contribution in [3.63, 3.8) is 0 Å². The third-order valence-corrected chi connectivity index (χ3v) is 4.89. The zero-order valence-corrected chi connectivity index (χ0v) is 16.7. The molecule has 7 heteroatoms. The van der Waals surface area contributed by atoms with E-state index in [1.807, 2.05) is 50.2 Å². The highest BCUT2D eigenvalue weighted by Crippen LogP contribution is 2.21. The van der Waals surface area contributed by atoms with Crippen molar-refractivity contribution in [2.24, 2.45) is 0 Å². The molecule has 0 saturated heterocycles. The van der Waals surface area contributed by atoms with Crippen LogP contribution >= 0.6 is 0 Å². The number of amides is 2. The maximum absolute atomic E-state index is 13.0. The van der Waals surface area contributed by atoms with Crippen molar-refractivity contribution < 1.29 is 9.59 Å². The minimum absolute atomic E-state index is 0.155. The van der Waals surface area contributed by atoms with Crippen LogP contribution in [0.3, 0.4) is 0 Å². The Labute approximate surface area is 173 Å². The van der Waals surface area contributed by atoms with Crippen LogP contribution in [0.4, 0.5) is 5.69 Å². The SMILES string of the molecule is Cc1cccc(C)c1NC(=O)c1nc(C(=O)NCc2ccncc2)c2ccccn12. The van der Waals surface area contributed by atoms with Gasteiger partial charge in [0.2, 0.25) is 5.82 Å². The largest absolute Gasteiger partial charge is 0.347 e. The van der Waals surface area contributed by atoms with Crippen molar-refractivity contribution in [1.82, 2.24) is 19.7 Å². The Kier molecular flexibility index (Phi) is 5.26. The number of nitrogens with one attached hydrogen (secondary N) is 2. The number of carbonyl (C=O) groups excluding carboxylic acids is 2. The van der Waals surface area contributed by atoms with E-state index in [1.54, 1.807) is 35.1 Å². The summed E-state index contributed by atoms with van der Waals surface area (Å²) in [5.41, 5.74) is 4.36. The van der Waals surface area contributed by atoms with E-state index in [4.69, 9.17) is 0 Å². The molecule has 4 rings (SSSR count). The molecule has 150 valence electrons. The first-order chi connectivity index (χ1) is 14.5. The van der Waals surface area contributed by atoms with Gasteiger partial charge in [0.05, 0.1) is 5.52 Å². The molecule has 0 bridgehead atoms. The summed E-state index contributed by atoms with van der Waals surface area (Å²) >= 11 is 0. The van der Waals surface area contributed by atoms with Gasteiger partial charge >= 0.3 is 0 Å². The van der Waals surface area contributed by atoms with Gasteiger partial charge in [-0.2, -0.15) is 0 Å². The number of pyridine rings is 2. The molecule has 2 amide bonds. The Morgan fingerprint density at radius 1 is 0.933 bits per heavy atom. The lowest BCUT2D eigenvalue weighted by Gasteiger charge is -2.10. The van der Waals surface area contributed by atoms with Gasteiger partial charge in [-0.3, -0.25) is 19.0 Å². The number of imidazole rings is 1. The van der Waals surface area contributed by atoms with Gasteiger partial charge in [0.15, 0.2) is 5.69 Å². The fourth-order valence-electron chi connectivity index (χ4n) is 3.31. The topological polar surface area (TPSA) is 88.4 Å². The summed E-state index contributed by atoms with van der Waals surface area (Å²) in [6.45, 7) is 4.21. The van der Waals surface area contributed by atoms with E-state index in [-0.39, 0.29) is 23.3 Å². The molecule has 0 aliphatic rings. The molecule has 1 aromatic carbocycles. The van der Waals surface area contributed by atoms with Gasteiger partial charge in [-0.25, -0.2) is 4.98 Å². The molecular formula is C23H21N5O2. The number of nitrogens with zero attached hydrogens (tertiary/aromatic N) is 3. The number of fused-ring (bicyclic) bond motifs is 1. The van der Waals surface area contributed by atoms with Gasteiger partial charge in [0, 0.05) is 30.8 Å². The molecule has 7 nitrogen and oxygen atoms in total. The Morgan fingerprint density at radius 3 is 2.40 bits per heavy atom. The first-order valence-electron chi connectivity index (χ1n) is 9.56. The fraction of sp³-hybridized carbons (Fsp3) is 0.130. The van der Waals surface area contributed by atoms with Crippen LogP contribution in [0.25, 0.3) is 5.52 Å². The van der Waals surface area contributed by atoms with E-state index < -0.39 is 0 Å². The average molecular weight is 399 g/mol. The summed E-state index contributed by atoms with van der Waals surface area (Å²) in [5, 5.41) is 5.79. The maximum atomic E-state index is 13.0. The number of hydrogen-bond acceptors (Lipinski definition) is 4. The summed E-state index contributed by atoms with van der Waals surface area (Å²) < 4.78 is 1.63. The lowest BCUT2D eigenvalue weighted by atomic mass is 10.1. The van der Waals surface area contributed by atoms with E-state index in [9.17, 15) is 9.59 Å². The van der Waals surface area contributed by atoms with Crippen LogP contribution in [0.2, 0.25) is 0 Å². The second-order valence-corrected chi connectivity index (χ2v) is 7.00. The minimum atomic E-state index is -0.373. The van der Waals surface area contributed by atoms with Crippen LogP contribution in [0.5, 0.6) is 0 Å². The predicted molar refractivity (Wildman–Crippen MR) is 114 cm³/mol. The van der Waals surface area contributed by atoms with Crippen molar-refractivity contribution in [3.8, 4) is 0 Å². The predicted octanol–water partition coefficient (Wildman–Crippen LogP) is 3.53. The molecule has 0 aliphatic heterocycles. The highest BCUT2D eigenvalue weighted by molar-refractivity contribution is 6.06. The van der Waals surface area contributed by atoms with E-state index in [2.05, 4.69) is 20.6 Å². The molecule has 2 N–H and O–H groups in total. The van der Waals surface area contributed by atoms with E-state index >= 15 is 0 Å². The quantitative estimate of drug-likeness (QED) is 0.537. The Hall–Kier alpha value is -4.00. The number of aryl methyl sites for hydroxylation is 2. The van der Waals surface area contributed by atoms with Crippen LogP contribution in [0.15, 0.2) is 67.1 Å². The van der Waals surface area contributed by atoms with Crippen molar-refractivity contribution in [2.75, 3.05) is 5.32 Å². The number of para-hydroxylation sites is 1. The molecule has 0 aliphatic carbocycles. The Balaban J connectivity index is 1.63. The smallest absolute Gasteiger partial charge is 0.292 e. The van der Waals surface area contributed by atoms with Crippen LogP contribution in [-0.2, 0) is 6.54 Å². The lowest BCUT2D eigenvalue weighted by molar-refractivity contribution is 0.0948. The zero-order chi connectivity index (χ0) is 21.1. The number of carbonyl (C=O) groups is 2. The first kappa shape index (κ1) is 19.3. The maximum Gasteiger partial charge on any atom is 0.292 e. The Morgan fingerprint density at radius 2 is 1.67 bits per heavy atom. The molecule has 30 heavy (non-hydrogen) atoms. The second kappa shape index (κ2) is 8.16. The van der Waals surface area contributed by atoms with Crippen molar-refractivity contribution >= 4 is 23.0 Å². The van der Waals surface area contributed by atoms with E-state index in [0.717, 1.165) is 22.4 Å². The van der Waals surface area contributed by atoms with E-state index in [0.29, 0.717) is 12.1 Å². The van der Waals surface area contributed by atoms with Crippen molar-refractivity contribution in [2.45, 2.75) is 20.4 Å². The molecule has 0 spiro atoms. The monoisotopic (exact) mass is 399 g/mol. The van der Waals surface area contributed by atoms with Crippen molar-refractivity contribution in [1.29, 1.82) is 0 Å². The van der Waals surface area contributed by atoms with Gasteiger partial charge in [0.25, 0.3) is 11.8 Å². The van der Waals surface area contributed by atoms with Gasteiger partial charge in [-0.1, -0.05) is 24.3 Å². The summed E-state index contributed by atoms with van der Waals surface area (Å²) in [7, 11) is 0. The summed E-state index contributed by atoms with van der Waals surface area (Å²) in [6, 6.07) is 14.8. The standard InChI is InChI=1S/C23H21N5O2/c1-15-6-5-7-16(2)19(15)27-23(30)21-26-20(18-8-3-4-13-28(18)21)22(29)25-14-17-9-11-24-12-10-17/h3-13H,14H2,1-2H3,(H,25,29)(H,27,30). The highest BCUT2D eigenvalue weighted by atomic mass is 16.2. The molecule has 4 aromatic rings. The third-order valence-electron chi connectivity index (χ3n) is 4.89. The van der Waals surface area contributed by atoms with Crippen LogP contribution in [0, 0.1) is 13.8 Å². The molecule has 0 radical (unpaired) electrons. The fourth-order valence-corrected chi connectivity index (χ4v) is 3.31. The van der Waals surface area contributed by atoms with Gasteiger partial charge < -0.3 is 10.6 Å². The van der Waals surface area contributed by atoms with Gasteiger partial charge in [0.1, 0.15) is 0 Å². The van der Waals surface area contributed by atoms with Gasteiger partial charge in [-0.15, -0.1) is 0 Å². The molecular weight excluding hydrogens is 378 g/mol. The minimum Gasteiger partial charge on any atom is -0.347 e. The second-order valence-electron chi connectivity index (χ2n) is 7.00. The Bertz CT molecular complexity index is 1210. The summed E-state index contributed by atoms with van der Waals surface area (Å²) in [4.78, 5) is 34.2. The number of hydrogen-bond donors (Lipinski definition) is 2. The lowest BCUT2D eigenvalue weighted by Crippen LogP contribution is -2.23. The molecule has 3 heterocycles.